The lowest BCUT2D eigenvalue weighted by Gasteiger charge is -2.31. The number of benzene rings is 2. The number of nitrogens with two attached hydrogens (primary N) is 1. The van der Waals surface area contributed by atoms with E-state index in [4.69, 9.17) is 5.73 Å². The largest absolute Gasteiger partial charge is 0.381 e. The second-order valence-corrected chi connectivity index (χ2v) is 14.2. The summed E-state index contributed by atoms with van der Waals surface area (Å²) in [6.45, 7) is 3.23. The van der Waals surface area contributed by atoms with E-state index in [1.807, 2.05) is 30.3 Å². The van der Waals surface area contributed by atoms with E-state index in [0.29, 0.717) is 23.5 Å². The number of aliphatic hydroxyl groups excluding tert-OH is 1. The van der Waals surface area contributed by atoms with Crippen molar-refractivity contribution in [1.82, 2.24) is 57.1 Å². The number of H-pyrrole nitrogens is 2. The van der Waals surface area contributed by atoms with Gasteiger partial charge in [-0.2, -0.15) is 10.3 Å². The normalized spacial score (nSPS) is 15.8. The molecule has 298 valence electrons. The summed E-state index contributed by atoms with van der Waals surface area (Å²) < 4.78 is 0. The molecule has 2 heterocycles. The van der Waals surface area contributed by atoms with Crippen molar-refractivity contribution in [1.29, 1.82) is 0 Å². The molecule has 0 spiro atoms. The molecule has 10 N–H and O–H groups in total. The fourth-order valence-electron chi connectivity index (χ4n) is 6.55. The van der Waals surface area contributed by atoms with Gasteiger partial charge >= 0.3 is 0 Å². The van der Waals surface area contributed by atoms with Gasteiger partial charge in [-0.15, -0.1) is 10.2 Å². The predicted octanol–water partition coefficient (Wildman–Crippen LogP) is 0.365. The first-order valence-corrected chi connectivity index (χ1v) is 18.7. The molecule has 0 saturated heterocycles. The average molecular weight is 772 g/mol. The van der Waals surface area contributed by atoms with Crippen molar-refractivity contribution in [3.63, 3.8) is 0 Å². The molecule has 0 unspecified atom stereocenters. The lowest BCUT2D eigenvalue weighted by atomic mass is 9.84. The molecule has 0 radical (unpaired) electrons. The van der Waals surface area contributed by atoms with Gasteiger partial charge in [-0.05, 0) is 47.6 Å². The molecule has 5 rings (SSSR count). The van der Waals surface area contributed by atoms with E-state index in [2.05, 4.69) is 62.4 Å². The second-order valence-electron chi connectivity index (χ2n) is 14.2. The van der Waals surface area contributed by atoms with Crippen molar-refractivity contribution in [2.45, 2.75) is 89.1 Å². The highest BCUT2D eigenvalue weighted by molar-refractivity contribution is 5.97. The monoisotopic (exact) mass is 771 g/mol. The number of anilines is 1. The number of nitrogens with zero attached hydrogens (tertiary/aromatic N) is 5. The molecular formula is C37H49N13O6. The van der Waals surface area contributed by atoms with E-state index >= 15 is 0 Å². The molecule has 1 saturated carbocycles. The third-order valence-electron chi connectivity index (χ3n) is 9.63. The van der Waals surface area contributed by atoms with Gasteiger partial charge in [-0.3, -0.25) is 29.1 Å². The molecule has 19 nitrogen and oxygen atoms in total. The van der Waals surface area contributed by atoms with Crippen molar-refractivity contribution in [3.05, 3.63) is 72.3 Å². The summed E-state index contributed by atoms with van der Waals surface area (Å²) in [6, 6.07) is 11.3. The van der Waals surface area contributed by atoms with Crippen molar-refractivity contribution in [2.75, 3.05) is 11.9 Å². The van der Waals surface area contributed by atoms with Crippen LogP contribution in [0.1, 0.15) is 68.6 Å². The highest BCUT2D eigenvalue weighted by atomic mass is 16.3. The fraction of sp³-hybridized carbons (Fsp3) is 0.459. The zero-order valence-electron chi connectivity index (χ0n) is 31.3. The van der Waals surface area contributed by atoms with E-state index < -0.39 is 65.7 Å². The summed E-state index contributed by atoms with van der Waals surface area (Å²) in [6.07, 6.45) is 4.69. The Morgan fingerprint density at radius 2 is 1.68 bits per heavy atom. The first-order valence-electron chi connectivity index (χ1n) is 18.7. The minimum absolute atomic E-state index is 0.0507. The van der Waals surface area contributed by atoms with Crippen LogP contribution in [0.2, 0.25) is 0 Å². The number of hydrogen-bond donors (Lipinski definition) is 9. The fourth-order valence-corrected chi connectivity index (χ4v) is 6.55. The van der Waals surface area contributed by atoms with Gasteiger partial charge in [-0.25, -0.2) is 4.98 Å². The molecule has 1 aliphatic carbocycles. The standard InChI is InChI=1S/C37H49N13O6/c1-21(2)29(45-33(52)26(38)19-39-37(56)32-40-20-41-46-32)35(54)44-28(17-23-12-7-4-8-13-23)34(53)43-27(16-22-10-5-3-6-11-22)30(51)36(55)42-25-15-9-14-24(18-25)31-47-49-50-48-31/h3,5-6,9-11,14-15,18,20-21,23,26-30,51H,4,7-8,12-13,16-17,19,38H2,1-2H3,(H,39,56)(H,42,55)(H,43,53)(H,44,54)(H,45,52)(H,40,41,46)(H,47,48,49,50)/t26-,27-,28-,29-,30+/m0/s1. The maximum absolute atomic E-state index is 14.2. The number of hydrogen-bond acceptors (Lipinski definition) is 12. The number of carbonyl (C=O) groups excluding carboxylic acids is 5. The van der Waals surface area contributed by atoms with Crippen LogP contribution in [-0.4, -0.2) is 107 Å². The number of aliphatic hydroxyl groups is 1. The third-order valence-corrected chi connectivity index (χ3v) is 9.63. The van der Waals surface area contributed by atoms with Crippen LogP contribution < -0.4 is 32.3 Å². The molecule has 5 atom stereocenters. The predicted molar refractivity (Wildman–Crippen MR) is 203 cm³/mol. The summed E-state index contributed by atoms with van der Waals surface area (Å²) in [7, 11) is 0. The van der Waals surface area contributed by atoms with Crippen LogP contribution in [0, 0.1) is 11.8 Å². The van der Waals surface area contributed by atoms with Crippen molar-refractivity contribution < 1.29 is 29.1 Å². The number of carbonyl (C=O) groups is 5. The van der Waals surface area contributed by atoms with Gasteiger partial charge in [0.25, 0.3) is 11.8 Å². The lowest BCUT2D eigenvalue weighted by Crippen LogP contribution is -2.60. The lowest BCUT2D eigenvalue weighted by molar-refractivity contribution is -0.134. The average Bonchev–Trinajstić information content (AvgIpc) is 3.95. The van der Waals surface area contributed by atoms with E-state index in [-0.39, 0.29) is 24.7 Å². The number of amides is 5. The maximum atomic E-state index is 14.2. The summed E-state index contributed by atoms with van der Waals surface area (Å²) >= 11 is 0. The Kier molecular flexibility index (Phi) is 14.7. The third kappa shape index (κ3) is 11.7. The van der Waals surface area contributed by atoms with Gasteiger partial charge in [0.1, 0.15) is 24.5 Å². The number of aromatic nitrogens is 7. The molecule has 5 amide bonds. The topological polar surface area (TPSA) is 288 Å². The number of rotatable bonds is 18. The molecule has 1 fully saturated rings. The Labute approximate surface area is 323 Å². The summed E-state index contributed by atoms with van der Waals surface area (Å²) in [5.41, 5.74) is 7.75. The van der Waals surface area contributed by atoms with Gasteiger partial charge in [0, 0.05) is 17.8 Å². The van der Waals surface area contributed by atoms with Crippen LogP contribution in [0.5, 0.6) is 0 Å². The summed E-state index contributed by atoms with van der Waals surface area (Å²) in [5, 5.41) is 45.0. The van der Waals surface area contributed by atoms with Crippen molar-refractivity contribution in [2.24, 2.45) is 17.6 Å². The first-order chi connectivity index (χ1) is 27.0. The van der Waals surface area contributed by atoms with Crippen LogP contribution in [-0.2, 0) is 25.6 Å². The van der Waals surface area contributed by atoms with Crippen molar-refractivity contribution >= 4 is 35.2 Å². The highest BCUT2D eigenvalue weighted by Gasteiger charge is 2.35. The van der Waals surface area contributed by atoms with E-state index in [9.17, 15) is 29.1 Å². The number of nitrogens with one attached hydrogen (secondary N) is 7. The Hall–Kier alpha value is -6.08. The minimum atomic E-state index is -1.70. The number of tetrazole rings is 1. The molecule has 56 heavy (non-hydrogen) atoms. The van der Waals surface area contributed by atoms with Crippen LogP contribution in [0.25, 0.3) is 11.4 Å². The molecule has 0 bridgehead atoms. The Bertz CT molecular complexity index is 1890. The molecule has 2 aromatic heterocycles. The Morgan fingerprint density at radius 1 is 0.911 bits per heavy atom. The summed E-state index contributed by atoms with van der Waals surface area (Å²) in [4.78, 5) is 70.8. The molecule has 1 aliphatic rings. The minimum Gasteiger partial charge on any atom is -0.381 e. The first kappa shape index (κ1) is 41.1. The molecule has 0 aliphatic heterocycles. The summed E-state index contributed by atoms with van der Waals surface area (Å²) in [5.74, 6) is -3.27. The van der Waals surface area contributed by atoms with Gasteiger partial charge in [-0.1, -0.05) is 88.4 Å². The number of aromatic amines is 2. The highest BCUT2D eigenvalue weighted by Crippen LogP contribution is 2.28. The van der Waals surface area contributed by atoms with E-state index in [0.717, 1.165) is 37.7 Å². The van der Waals surface area contributed by atoms with Crippen LogP contribution in [0.4, 0.5) is 5.69 Å². The van der Waals surface area contributed by atoms with Crippen LogP contribution >= 0.6 is 0 Å². The molecule has 19 heteroatoms. The van der Waals surface area contributed by atoms with E-state index in [1.165, 1.54) is 6.33 Å². The molecule has 4 aromatic rings. The quantitative estimate of drug-likeness (QED) is 0.0663. The molecule has 2 aromatic carbocycles. The zero-order chi connectivity index (χ0) is 40.0. The van der Waals surface area contributed by atoms with Gasteiger partial charge in [0.15, 0.2) is 6.10 Å². The Morgan fingerprint density at radius 3 is 2.36 bits per heavy atom. The smallest absolute Gasteiger partial charge is 0.288 e. The van der Waals surface area contributed by atoms with Crippen LogP contribution in [0.3, 0.4) is 0 Å². The van der Waals surface area contributed by atoms with Crippen molar-refractivity contribution in [3.8, 4) is 11.4 Å². The molecular weight excluding hydrogens is 722 g/mol. The second kappa shape index (κ2) is 20.0. The maximum Gasteiger partial charge on any atom is 0.288 e. The zero-order valence-corrected chi connectivity index (χ0v) is 31.3. The van der Waals surface area contributed by atoms with Crippen LogP contribution in [0.15, 0.2) is 60.9 Å². The van der Waals surface area contributed by atoms with E-state index in [1.54, 1.807) is 38.1 Å². The Balaban J connectivity index is 1.30. The SMILES string of the molecule is CC(C)[C@H](NC(=O)[C@@H](N)CNC(=O)c1ncn[nH]1)C(=O)N[C@@H](CC1CCCCC1)C(=O)N[C@@H](Cc1ccccc1)[C@@H](O)C(=O)Nc1cccc(-c2nn[nH]n2)c1. The van der Waals surface area contributed by atoms with Gasteiger partial charge < -0.3 is 37.4 Å². The van der Waals surface area contributed by atoms with Gasteiger partial charge in [0.05, 0.1) is 6.04 Å². The van der Waals surface area contributed by atoms with Gasteiger partial charge in [0.2, 0.25) is 29.4 Å².